The number of aryl methyl sites for hydroxylation is 2. The summed E-state index contributed by atoms with van der Waals surface area (Å²) in [4.78, 5) is 18.1. The summed E-state index contributed by atoms with van der Waals surface area (Å²) in [5.41, 5.74) is 2.13. The summed E-state index contributed by atoms with van der Waals surface area (Å²) in [6.45, 7) is 5.10. The Bertz CT molecular complexity index is 722. The Morgan fingerprint density at radius 2 is 2.29 bits per heavy atom. The maximum absolute atomic E-state index is 12.4. The Labute approximate surface area is 146 Å². The van der Waals surface area contributed by atoms with Gasteiger partial charge in [0.1, 0.15) is 18.1 Å². The number of benzene rings is 1. The van der Waals surface area contributed by atoms with Gasteiger partial charge >= 0.3 is 0 Å². The largest absolute Gasteiger partial charge is 0.497 e. The van der Waals surface area contributed by atoms with Crippen molar-refractivity contribution in [3.05, 3.63) is 39.3 Å². The lowest BCUT2D eigenvalue weighted by molar-refractivity contribution is -0.126. The maximum Gasteiger partial charge on any atom is 0.226 e. The van der Waals surface area contributed by atoms with E-state index in [0.717, 1.165) is 34.2 Å². The number of carbonyl (C=O) groups excluding carboxylic acids is 1. The monoisotopic (exact) mass is 346 g/mol. The van der Waals surface area contributed by atoms with E-state index in [9.17, 15) is 4.79 Å². The molecule has 1 aliphatic rings. The third-order valence-electron chi connectivity index (χ3n) is 4.26. The van der Waals surface area contributed by atoms with Crippen LogP contribution < -0.4 is 14.8 Å². The number of carbonyl (C=O) groups is 1. The third-order valence-corrected chi connectivity index (χ3v) is 5.40. The normalized spacial score (nSPS) is 16.2. The lowest BCUT2D eigenvalue weighted by Gasteiger charge is -2.25. The molecular formula is C18H22N2O3S. The first kappa shape index (κ1) is 16.8. The molecule has 1 aromatic carbocycles. The van der Waals surface area contributed by atoms with Gasteiger partial charge in [-0.15, -0.1) is 11.3 Å². The van der Waals surface area contributed by atoms with Crippen molar-refractivity contribution in [3.8, 4) is 11.5 Å². The number of fused-ring (bicyclic) bond motifs is 1. The number of methoxy groups -OCH3 is 1. The van der Waals surface area contributed by atoms with Gasteiger partial charge in [-0.3, -0.25) is 4.79 Å². The first-order valence-corrected chi connectivity index (χ1v) is 8.89. The third kappa shape index (κ3) is 3.70. The summed E-state index contributed by atoms with van der Waals surface area (Å²) in [5.74, 6) is 1.48. The minimum absolute atomic E-state index is 0.0430. The predicted molar refractivity (Wildman–Crippen MR) is 94.0 cm³/mol. The molecule has 128 valence electrons. The average molecular weight is 346 g/mol. The highest BCUT2D eigenvalue weighted by Crippen LogP contribution is 2.31. The molecular weight excluding hydrogens is 324 g/mol. The molecule has 24 heavy (non-hydrogen) atoms. The number of aromatic nitrogens is 1. The Morgan fingerprint density at radius 1 is 1.46 bits per heavy atom. The number of ether oxygens (including phenoxy) is 2. The van der Waals surface area contributed by atoms with Gasteiger partial charge in [0, 0.05) is 23.9 Å². The van der Waals surface area contributed by atoms with Crippen LogP contribution in [0.4, 0.5) is 0 Å². The fourth-order valence-electron chi connectivity index (χ4n) is 2.73. The van der Waals surface area contributed by atoms with E-state index in [1.807, 2.05) is 25.1 Å². The first-order valence-electron chi connectivity index (χ1n) is 8.07. The van der Waals surface area contributed by atoms with E-state index in [1.165, 1.54) is 4.88 Å². The number of nitrogens with one attached hydrogen (secondary N) is 1. The van der Waals surface area contributed by atoms with Crippen molar-refractivity contribution in [1.82, 2.24) is 10.3 Å². The number of hydrogen-bond donors (Lipinski definition) is 1. The second-order valence-corrected chi connectivity index (χ2v) is 7.26. The van der Waals surface area contributed by atoms with Crippen LogP contribution in [0.3, 0.4) is 0 Å². The van der Waals surface area contributed by atoms with Gasteiger partial charge in [0.2, 0.25) is 5.91 Å². The highest BCUT2D eigenvalue weighted by Gasteiger charge is 2.26. The predicted octanol–water partition coefficient (Wildman–Crippen LogP) is 2.68. The van der Waals surface area contributed by atoms with E-state index >= 15 is 0 Å². The maximum atomic E-state index is 12.4. The fraction of sp³-hybridized carbons (Fsp3) is 0.444. The van der Waals surface area contributed by atoms with E-state index in [1.54, 1.807) is 18.4 Å². The van der Waals surface area contributed by atoms with Crippen LogP contribution in [0.1, 0.15) is 21.1 Å². The number of thiazole rings is 1. The van der Waals surface area contributed by atoms with Crippen LogP contribution in [0.2, 0.25) is 0 Å². The summed E-state index contributed by atoms with van der Waals surface area (Å²) in [6.07, 6.45) is 1.47. The van der Waals surface area contributed by atoms with Crippen molar-refractivity contribution in [2.24, 2.45) is 5.92 Å². The van der Waals surface area contributed by atoms with Gasteiger partial charge in [-0.2, -0.15) is 0 Å². The van der Waals surface area contributed by atoms with E-state index in [2.05, 4.69) is 17.2 Å². The lowest BCUT2D eigenvalue weighted by atomic mass is 9.96. The Kier molecular flexibility index (Phi) is 5.04. The van der Waals surface area contributed by atoms with E-state index in [-0.39, 0.29) is 11.8 Å². The van der Waals surface area contributed by atoms with Gasteiger partial charge < -0.3 is 14.8 Å². The smallest absolute Gasteiger partial charge is 0.226 e. The van der Waals surface area contributed by atoms with Crippen molar-refractivity contribution >= 4 is 17.2 Å². The molecule has 1 N–H and O–H groups in total. The Hall–Kier alpha value is -2.08. The van der Waals surface area contributed by atoms with Crippen LogP contribution in [-0.2, 0) is 17.6 Å². The molecule has 0 unspecified atom stereocenters. The zero-order chi connectivity index (χ0) is 17.1. The second-order valence-electron chi connectivity index (χ2n) is 5.98. The number of amides is 1. The van der Waals surface area contributed by atoms with Gasteiger partial charge in [-0.25, -0.2) is 4.98 Å². The van der Waals surface area contributed by atoms with Crippen LogP contribution >= 0.6 is 11.3 Å². The highest BCUT2D eigenvalue weighted by atomic mass is 32.1. The molecule has 0 aliphatic carbocycles. The zero-order valence-corrected chi connectivity index (χ0v) is 15.0. The van der Waals surface area contributed by atoms with Crippen LogP contribution in [0.15, 0.2) is 18.2 Å². The topological polar surface area (TPSA) is 60.5 Å². The lowest BCUT2D eigenvalue weighted by Crippen LogP contribution is -2.38. The summed E-state index contributed by atoms with van der Waals surface area (Å²) in [7, 11) is 1.63. The molecule has 0 saturated carbocycles. The molecule has 1 amide bonds. The van der Waals surface area contributed by atoms with Crippen LogP contribution in [-0.4, -0.2) is 31.2 Å². The van der Waals surface area contributed by atoms with Gasteiger partial charge in [0.25, 0.3) is 0 Å². The second kappa shape index (κ2) is 7.21. The summed E-state index contributed by atoms with van der Waals surface area (Å²) >= 11 is 1.70. The molecule has 1 atom stereocenters. The van der Waals surface area contributed by atoms with Crippen molar-refractivity contribution < 1.29 is 14.3 Å². The fourth-order valence-corrected chi connectivity index (χ4v) is 3.66. The molecule has 2 heterocycles. The number of hydrogen-bond acceptors (Lipinski definition) is 5. The van der Waals surface area contributed by atoms with Gasteiger partial charge in [-0.05, 0) is 31.9 Å². The quantitative estimate of drug-likeness (QED) is 0.904. The van der Waals surface area contributed by atoms with Crippen molar-refractivity contribution in [3.63, 3.8) is 0 Å². The van der Waals surface area contributed by atoms with Crippen LogP contribution in [0.25, 0.3) is 0 Å². The molecule has 5 nitrogen and oxygen atoms in total. The number of rotatable bonds is 5. The molecule has 1 aromatic heterocycles. The molecule has 6 heteroatoms. The van der Waals surface area contributed by atoms with E-state index < -0.39 is 0 Å². The van der Waals surface area contributed by atoms with Gasteiger partial charge in [0.05, 0.1) is 23.7 Å². The average Bonchev–Trinajstić information content (AvgIpc) is 2.91. The summed E-state index contributed by atoms with van der Waals surface area (Å²) in [5, 5.41) is 4.08. The molecule has 0 fully saturated rings. The molecule has 2 aromatic rings. The molecule has 1 aliphatic heterocycles. The SMILES string of the molecule is COc1ccc2c(c1)OC[C@@H](C(=O)NCCc1nc(C)c(C)s1)C2. The zero-order valence-electron chi connectivity index (χ0n) is 14.2. The van der Waals surface area contributed by atoms with Crippen molar-refractivity contribution in [1.29, 1.82) is 0 Å². The van der Waals surface area contributed by atoms with E-state index in [4.69, 9.17) is 9.47 Å². The van der Waals surface area contributed by atoms with Crippen molar-refractivity contribution in [2.45, 2.75) is 26.7 Å². The van der Waals surface area contributed by atoms with E-state index in [0.29, 0.717) is 19.6 Å². The molecule has 0 bridgehead atoms. The molecule has 0 spiro atoms. The minimum atomic E-state index is -0.148. The Morgan fingerprint density at radius 3 is 3.00 bits per heavy atom. The van der Waals surface area contributed by atoms with Gasteiger partial charge in [-0.1, -0.05) is 6.07 Å². The van der Waals surface area contributed by atoms with Crippen molar-refractivity contribution in [2.75, 3.05) is 20.3 Å². The summed E-state index contributed by atoms with van der Waals surface area (Å²) < 4.78 is 10.9. The van der Waals surface area contributed by atoms with Crippen LogP contribution in [0, 0.1) is 19.8 Å². The molecule has 0 saturated heterocycles. The summed E-state index contributed by atoms with van der Waals surface area (Å²) in [6, 6.07) is 5.74. The van der Waals surface area contributed by atoms with Gasteiger partial charge in [0.15, 0.2) is 0 Å². The highest BCUT2D eigenvalue weighted by molar-refractivity contribution is 7.11. The Balaban J connectivity index is 1.52. The standard InChI is InChI=1S/C18H22N2O3S/c1-11-12(2)24-17(20-11)6-7-19-18(21)14-8-13-4-5-15(22-3)9-16(13)23-10-14/h4-5,9,14H,6-8,10H2,1-3H3,(H,19,21)/t14-/m0/s1. The molecule has 0 radical (unpaired) electrons. The first-order chi connectivity index (χ1) is 11.6. The minimum Gasteiger partial charge on any atom is -0.497 e. The molecule has 3 rings (SSSR count). The van der Waals surface area contributed by atoms with Crippen LogP contribution in [0.5, 0.6) is 11.5 Å². The number of nitrogens with zero attached hydrogens (tertiary/aromatic N) is 1.